The van der Waals surface area contributed by atoms with Crippen molar-refractivity contribution in [3.05, 3.63) is 57.6 Å². The molecule has 2 amide bonds. The largest absolute Gasteiger partial charge is 0.423 e. The minimum atomic E-state index is -0.390. The molecule has 0 aliphatic heterocycles. The predicted molar refractivity (Wildman–Crippen MR) is 100 cm³/mol. The van der Waals surface area contributed by atoms with Crippen molar-refractivity contribution in [1.29, 1.82) is 0 Å². The lowest BCUT2D eigenvalue weighted by molar-refractivity contribution is 0.0849. The van der Waals surface area contributed by atoms with Crippen LogP contribution in [0.5, 0.6) is 0 Å². The lowest BCUT2D eigenvalue weighted by atomic mass is 10.1. The van der Waals surface area contributed by atoms with Crippen molar-refractivity contribution in [2.75, 3.05) is 0 Å². The van der Waals surface area contributed by atoms with Crippen LogP contribution in [0.2, 0.25) is 0 Å². The van der Waals surface area contributed by atoms with Crippen molar-refractivity contribution < 1.29 is 14.0 Å². The summed E-state index contributed by atoms with van der Waals surface area (Å²) in [5.41, 5.74) is 7.36. The topological polar surface area (TPSA) is 97.1 Å². The van der Waals surface area contributed by atoms with Gasteiger partial charge in [0.05, 0.1) is 4.88 Å². The zero-order valence-electron chi connectivity index (χ0n) is 14.5. The van der Waals surface area contributed by atoms with Crippen LogP contribution in [-0.4, -0.2) is 22.0 Å². The molecule has 0 saturated carbocycles. The normalized spacial score (nSPS) is 13.5. The van der Waals surface area contributed by atoms with Gasteiger partial charge in [-0.3, -0.25) is 20.4 Å². The number of nitrogens with zero attached hydrogens (tertiary/aromatic N) is 2. The molecule has 0 spiro atoms. The van der Waals surface area contributed by atoms with E-state index < -0.39 is 5.91 Å². The van der Waals surface area contributed by atoms with Crippen LogP contribution in [-0.2, 0) is 12.8 Å². The SMILES string of the molecule is O=C(NNC(=O)c1cc2c(s1)CCCCC2)c1ccc(-c2nnco2)cc1. The summed E-state index contributed by atoms with van der Waals surface area (Å²) in [7, 11) is 0. The van der Waals surface area contributed by atoms with Gasteiger partial charge in [-0.1, -0.05) is 6.42 Å². The molecule has 27 heavy (non-hydrogen) atoms. The molecule has 0 atom stereocenters. The maximum absolute atomic E-state index is 12.4. The first kappa shape index (κ1) is 17.4. The number of nitrogens with one attached hydrogen (secondary N) is 2. The van der Waals surface area contributed by atoms with Gasteiger partial charge < -0.3 is 4.42 Å². The van der Waals surface area contributed by atoms with Gasteiger partial charge in [-0.25, -0.2) is 0 Å². The van der Waals surface area contributed by atoms with Crippen LogP contribution in [0.15, 0.2) is 41.1 Å². The van der Waals surface area contributed by atoms with Crippen LogP contribution in [0, 0.1) is 0 Å². The first-order valence-corrected chi connectivity index (χ1v) is 9.61. The van der Waals surface area contributed by atoms with Gasteiger partial charge in [0.1, 0.15) is 0 Å². The zero-order chi connectivity index (χ0) is 18.6. The number of fused-ring (bicyclic) bond motifs is 1. The number of aromatic nitrogens is 2. The molecular formula is C19H18N4O3S. The van der Waals surface area contributed by atoms with E-state index >= 15 is 0 Å². The van der Waals surface area contributed by atoms with Crippen molar-refractivity contribution in [1.82, 2.24) is 21.0 Å². The minimum absolute atomic E-state index is 0.288. The number of hydrogen-bond acceptors (Lipinski definition) is 6. The summed E-state index contributed by atoms with van der Waals surface area (Å²) in [5.74, 6) is -0.296. The second-order valence-corrected chi connectivity index (χ2v) is 7.49. The molecule has 2 N–H and O–H groups in total. The maximum Gasteiger partial charge on any atom is 0.279 e. The highest BCUT2D eigenvalue weighted by Crippen LogP contribution is 2.28. The van der Waals surface area contributed by atoms with E-state index in [1.807, 2.05) is 6.07 Å². The highest BCUT2D eigenvalue weighted by Gasteiger charge is 2.17. The Morgan fingerprint density at radius 3 is 2.56 bits per heavy atom. The van der Waals surface area contributed by atoms with Crippen molar-refractivity contribution in [3.8, 4) is 11.5 Å². The average Bonchev–Trinajstić information content (AvgIpc) is 3.32. The molecule has 2 aromatic heterocycles. The molecule has 8 heteroatoms. The van der Waals surface area contributed by atoms with Gasteiger partial charge in [0.15, 0.2) is 0 Å². The van der Waals surface area contributed by atoms with Crippen LogP contribution < -0.4 is 10.9 Å². The number of carbonyl (C=O) groups excluding carboxylic acids is 2. The molecule has 7 nitrogen and oxygen atoms in total. The summed E-state index contributed by atoms with van der Waals surface area (Å²) in [6.45, 7) is 0. The Hall–Kier alpha value is -3.00. The van der Waals surface area contributed by atoms with Crippen LogP contribution in [0.3, 0.4) is 0 Å². The second kappa shape index (κ2) is 7.71. The van der Waals surface area contributed by atoms with Gasteiger partial charge in [-0.2, -0.15) is 0 Å². The summed E-state index contributed by atoms with van der Waals surface area (Å²) in [4.78, 5) is 26.5. The summed E-state index contributed by atoms with van der Waals surface area (Å²) in [5, 5.41) is 7.43. The summed E-state index contributed by atoms with van der Waals surface area (Å²) in [6.07, 6.45) is 6.88. The molecule has 138 valence electrons. The Morgan fingerprint density at radius 2 is 1.78 bits per heavy atom. The van der Waals surface area contributed by atoms with Crippen molar-refractivity contribution in [2.45, 2.75) is 32.1 Å². The molecular weight excluding hydrogens is 364 g/mol. The monoisotopic (exact) mass is 382 g/mol. The molecule has 1 aliphatic carbocycles. The van der Waals surface area contributed by atoms with E-state index in [-0.39, 0.29) is 5.91 Å². The molecule has 1 aliphatic rings. The Bertz CT molecular complexity index is 925. The van der Waals surface area contributed by atoms with E-state index in [0.717, 1.165) is 12.8 Å². The number of hydrazine groups is 1. The number of rotatable bonds is 3. The van der Waals surface area contributed by atoms with Crippen molar-refractivity contribution in [3.63, 3.8) is 0 Å². The second-order valence-electron chi connectivity index (χ2n) is 6.35. The lowest BCUT2D eigenvalue weighted by Crippen LogP contribution is -2.41. The fourth-order valence-electron chi connectivity index (χ4n) is 3.09. The number of aryl methyl sites for hydroxylation is 2. The molecule has 0 radical (unpaired) electrons. The van der Waals surface area contributed by atoms with E-state index in [1.54, 1.807) is 24.3 Å². The molecule has 4 rings (SSSR count). The third-order valence-corrected chi connectivity index (χ3v) is 5.75. The van der Waals surface area contributed by atoms with E-state index in [9.17, 15) is 9.59 Å². The van der Waals surface area contributed by atoms with Gasteiger partial charge >= 0.3 is 0 Å². The Labute approximate surface area is 159 Å². The number of amides is 2. The van der Waals surface area contributed by atoms with Gasteiger partial charge in [0.2, 0.25) is 12.3 Å². The Morgan fingerprint density at radius 1 is 1.00 bits per heavy atom. The fourth-order valence-corrected chi connectivity index (χ4v) is 4.24. The molecule has 1 aromatic carbocycles. The standard InChI is InChI=1S/C19H18N4O3S/c24-17(12-6-8-13(9-7-12)19-23-20-11-26-19)21-22-18(25)16-10-14-4-2-1-3-5-15(14)27-16/h6-11H,1-5H2,(H,21,24)(H,22,25). The Balaban J connectivity index is 1.37. The maximum atomic E-state index is 12.4. The predicted octanol–water partition coefficient (Wildman–Crippen LogP) is 3.14. The van der Waals surface area contributed by atoms with E-state index in [4.69, 9.17) is 4.42 Å². The van der Waals surface area contributed by atoms with Gasteiger partial charge in [-0.05, 0) is 61.6 Å². The lowest BCUT2D eigenvalue weighted by Gasteiger charge is -2.06. The number of benzene rings is 1. The summed E-state index contributed by atoms with van der Waals surface area (Å²) < 4.78 is 5.11. The number of carbonyl (C=O) groups is 2. The minimum Gasteiger partial charge on any atom is -0.423 e. The molecule has 0 unspecified atom stereocenters. The highest BCUT2D eigenvalue weighted by molar-refractivity contribution is 7.14. The third kappa shape index (κ3) is 3.90. The van der Waals surface area contributed by atoms with Gasteiger partial charge in [0, 0.05) is 16.0 Å². The molecule has 0 saturated heterocycles. The third-order valence-electron chi connectivity index (χ3n) is 4.51. The van der Waals surface area contributed by atoms with Crippen LogP contribution in [0.25, 0.3) is 11.5 Å². The molecule has 3 aromatic rings. The quantitative estimate of drug-likeness (QED) is 0.536. The highest BCUT2D eigenvalue weighted by atomic mass is 32.1. The first-order chi connectivity index (χ1) is 13.2. The van der Waals surface area contributed by atoms with E-state index in [1.165, 1.54) is 47.4 Å². The number of hydrogen-bond donors (Lipinski definition) is 2. The summed E-state index contributed by atoms with van der Waals surface area (Å²) >= 11 is 1.52. The first-order valence-electron chi connectivity index (χ1n) is 8.79. The molecule has 0 fully saturated rings. The Kier molecular flexibility index (Phi) is 4.97. The van der Waals surface area contributed by atoms with E-state index in [0.29, 0.717) is 21.9 Å². The molecule has 2 heterocycles. The van der Waals surface area contributed by atoms with Crippen molar-refractivity contribution >= 4 is 23.2 Å². The fraction of sp³-hybridized carbons (Fsp3) is 0.263. The van der Waals surface area contributed by atoms with Gasteiger partial charge in [-0.15, -0.1) is 21.5 Å². The van der Waals surface area contributed by atoms with Gasteiger partial charge in [0.25, 0.3) is 11.8 Å². The smallest absolute Gasteiger partial charge is 0.279 e. The van der Waals surface area contributed by atoms with E-state index in [2.05, 4.69) is 21.0 Å². The van der Waals surface area contributed by atoms with Crippen LogP contribution >= 0.6 is 11.3 Å². The number of thiophene rings is 1. The zero-order valence-corrected chi connectivity index (χ0v) is 15.3. The van der Waals surface area contributed by atoms with Crippen LogP contribution in [0.4, 0.5) is 0 Å². The summed E-state index contributed by atoms with van der Waals surface area (Å²) in [6, 6.07) is 8.63. The molecule has 0 bridgehead atoms. The van der Waals surface area contributed by atoms with Crippen LogP contribution in [0.1, 0.15) is 49.7 Å². The average molecular weight is 382 g/mol. The van der Waals surface area contributed by atoms with Crippen molar-refractivity contribution in [2.24, 2.45) is 0 Å².